The molecule has 2 heteroatoms. The summed E-state index contributed by atoms with van der Waals surface area (Å²) in [6, 6.07) is 16.2. The summed E-state index contributed by atoms with van der Waals surface area (Å²) in [5.74, 6) is 0.612. The van der Waals surface area contributed by atoms with Crippen LogP contribution in [0.1, 0.15) is 68.7 Å². The maximum Gasteiger partial charge on any atom is 0.0726 e. The van der Waals surface area contributed by atoms with Crippen LogP contribution < -0.4 is 0 Å². The minimum atomic E-state index is -0.591. The highest BCUT2D eigenvalue weighted by atomic mass is 16.3. The van der Waals surface area contributed by atoms with E-state index in [4.69, 9.17) is 0 Å². The Balaban J connectivity index is 1.64. The van der Waals surface area contributed by atoms with E-state index in [9.17, 15) is 5.11 Å². The number of fused-ring (bicyclic) bond motifs is 4. The molecule has 2 nitrogen and oxygen atoms in total. The van der Waals surface area contributed by atoms with Gasteiger partial charge in [-0.3, -0.25) is 4.90 Å². The van der Waals surface area contributed by atoms with Crippen molar-refractivity contribution in [2.75, 3.05) is 13.1 Å². The van der Waals surface area contributed by atoms with Crippen molar-refractivity contribution in [1.82, 2.24) is 4.90 Å². The Labute approximate surface area is 163 Å². The van der Waals surface area contributed by atoms with Crippen LogP contribution in [0.2, 0.25) is 0 Å². The predicted octanol–water partition coefficient (Wildman–Crippen LogP) is 5.31. The molecule has 0 aromatic heterocycles. The highest BCUT2D eigenvalue weighted by molar-refractivity contribution is 5.74. The minimum absolute atomic E-state index is 0.0890. The van der Waals surface area contributed by atoms with Crippen LogP contribution in [-0.2, 0) is 6.42 Å². The highest BCUT2D eigenvalue weighted by Gasteiger charge is 2.49. The first-order chi connectivity index (χ1) is 12.9. The van der Waals surface area contributed by atoms with Gasteiger partial charge in [0.2, 0.25) is 0 Å². The zero-order valence-corrected chi connectivity index (χ0v) is 16.8. The van der Waals surface area contributed by atoms with E-state index in [1.54, 1.807) is 5.56 Å². The molecule has 0 saturated carbocycles. The first-order valence-corrected chi connectivity index (χ1v) is 10.5. The van der Waals surface area contributed by atoms with Gasteiger partial charge in [0.05, 0.1) is 5.60 Å². The molecule has 1 aliphatic carbocycles. The second kappa shape index (κ2) is 5.93. The van der Waals surface area contributed by atoms with Crippen molar-refractivity contribution in [3.8, 4) is 11.1 Å². The number of piperidine rings is 1. The van der Waals surface area contributed by atoms with Gasteiger partial charge in [-0.05, 0) is 64.8 Å². The Hall–Kier alpha value is -1.64. The Morgan fingerprint density at radius 3 is 2.63 bits per heavy atom. The number of nitrogens with zero attached hydrogens (tertiary/aromatic N) is 1. The fourth-order valence-electron chi connectivity index (χ4n) is 5.75. The van der Waals surface area contributed by atoms with Gasteiger partial charge in [-0.25, -0.2) is 0 Å². The SMILES string of the molecule is CC(C)(C)C1(O)CCN2C[C@H]3CCc4ccccc4-c4cccc(c43)[C@H]2C1. The molecule has 5 rings (SSSR count). The zero-order valence-electron chi connectivity index (χ0n) is 16.8. The van der Waals surface area contributed by atoms with Gasteiger partial charge in [-0.1, -0.05) is 63.2 Å². The number of hydrogen-bond acceptors (Lipinski definition) is 2. The zero-order chi connectivity index (χ0) is 18.8. The van der Waals surface area contributed by atoms with Gasteiger partial charge in [0.1, 0.15) is 0 Å². The van der Waals surface area contributed by atoms with E-state index >= 15 is 0 Å². The molecule has 0 radical (unpaired) electrons. The number of benzene rings is 2. The van der Waals surface area contributed by atoms with Crippen molar-refractivity contribution in [1.29, 1.82) is 0 Å². The van der Waals surface area contributed by atoms with Crippen LogP contribution in [0.3, 0.4) is 0 Å². The van der Waals surface area contributed by atoms with Crippen LogP contribution in [0.25, 0.3) is 11.1 Å². The van der Waals surface area contributed by atoms with Gasteiger partial charge in [-0.15, -0.1) is 0 Å². The van der Waals surface area contributed by atoms with Crippen molar-refractivity contribution in [2.45, 2.75) is 64.0 Å². The average Bonchev–Trinajstić information content (AvgIpc) is 2.80. The molecular weight excluding hydrogens is 330 g/mol. The third-order valence-electron chi connectivity index (χ3n) is 7.61. The topological polar surface area (TPSA) is 23.5 Å². The summed E-state index contributed by atoms with van der Waals surface area (Å²) < 4.78 is 0. The quantitative estimate of drug-likeness (QED) is 0.687. The fourth-order valence-corrected chi connectivity index (χ4v) is 5.75. The van der Waals surface area contributed by atoms with Gasteiger partial charge in [0, 0.05) is 19.1 Å². The summed E-state index contributed by atoms with van der Waals surface area (Å²) in [7, 11) is 0. The van der Waals surface area contributed by atoms with E-state index in [2.05, 4.69) is 68.1 Å². The van der Waals surface area contributed by atoms with Crippen LogP contribution in [0.4, 0.5) is 0 Å². The van der Waals surface area contributed by atoms with E-state index in [1.165, 1.54) is 35.1 Å². The molecule has 1 saturated heterocycles. The van der Waals surface area contributed by atoms with Crippen LogP contribution in [0.15, 0.2) is 42.5 Å². The van der Waals surface area contributed by atoms with Crippen molar-refractivity contribution in [2.24, 2.45) is 5.41 Å². The minimum Gasteiger partial charge on any atom is -0.389 e. The molecule has 1 unspecified atom stereocenters. The Morgan fingerprint density at radius 2 is 1.81 bits per heavy atom. The van der Waals surface area contributed by atoms with E-state index in [1.807, 2.05) is 0 Å². The van der Waals surface area contributed by atoms with Crippen LogP contribution >= 0.6 is 0 Å². The molecule has 2 aliphatic heterocycles. The highest BCUT2D eigenvalue weighted by Crippen LogP contribution is 2.52. The first-order valence-electron chi connectivity index (χ1n) is 10.5. The molecule has 0 bridgehead atoms. The number of hydrogen-bond donors (Lipinski definition) is 1. The van der Waals surface area contributed by atoms with E-state index < -0.39 is 5.60 Å². The predicted molar refractivity (Wildman–Crippen MR) is 111 cm³/mol. The van der Waals surface area contributed by atoms with Crippen molar-refractivity contribution in [3.63, 3.8) is 0 Å². The van der Waals surface area contributed by atoms with Crippen molar-refractivity contribution in [3.05, 3.63) is 59.2 Å². The van der Waals surface area contributed by atoms with Crippen molar-refractivity contribution < 1.29 is 5.11 Å². The van der Waals surface area contributed by atoms with Gasteiger partial charge >= 0.3 is 0 Å². The molecular formula is C25H31NO. The van der Waals surface area contributed by atoms with E-state index in [0.717, 1.165) is 25.9 Å². The molecule has 27 heavy (non-hydrogen) atoms. The second-order valence-corrected chi connectivity index (χ2v) is 9.95. The summed E-state index contributed by atoms with van der Waals surface area (Å²) in [5, 5.41) is 11.5. The largest absolute Gasteiger partial charge is 0.389 e. The summed E-state index contributed by atoms with van der Waals surface area (Å²) in [6.45, 7) is 8.72. The van der Waals surface area contributed by atoms with Gasteiger partial charge < -0.3 is 5.11 Å². The van der Waals surface area contributed by atoms with Gasteiger partial charge in [-0.2, -0.15) is 0 Å². The van der Waals surface area contributed by atoms with Crippen LogP contribution in [-0.4, -0.2) is 28.7 Å². The third-order valence-corrected chi connectivity index (χ3v) is 7.61. The van der Waals surface area contributed by atoms with Crippen LogP contribution in [0, 0.1) is 5.41 Å². The number of aliphatic hydroxyl groups is 1. The normalized spacial score (nSPS) is 30.1. The number of aryl methyl sites for hydroxylation is 1. The molecule has 3 atom stereocenters. The Morgan fingerprint density at radius 1 is 1.04 bits per heavy atom. The summed E-state index contributed by atoms with van der Waals surface area (Å²) >= 11 is 0. The molecule has 2 heterocycles. The van der Waals surface area contributed by atoms with E-state index in [-0.39, 0.29) is 5.41 Å². The molecule has 2 aromatic carbocycles. The lowest BCUT2D eigenvalue weighted by Crippen LogP contribution is -2.54. The second-order valence-electron chi connectivity index (χ2n) is 9.95. The molecule has 1 N–H and O–H groups in total. The van der Waals surface area contributed by atoms with Gasteiger partial charge in [0.15, 0.2) is 0 Å². The lowest BCUT2D eigenvalue weighted by molar-refractivity contribution is -0.120. The third kappa shape index (κ3) is 2.61. The standard InChI is InChI=1S/C25H31NO/c1-24(2,3)25(27)13-14-26-16-18-12-11-17-7-4-5-8-19(17)20-9-6-10-21(23(18)20)22(26)15-25/h4-10,18,22,27H,11-16H2,1-3H3/t18-,22-,25?/m1/s1. The Kier molecular flexibility index (Phi) is 3.83. The molecule has 0 amide bonds. The maximum atomic E-state index is 11.5. The van der Waals surface area contributed by atoms with Crippen molar-refractivity contribution >= 4 is 0 Å². The molecule has 0 spiro atoms. The van der Waals surface area contributed by atoms with Crippen LogP contribution in [0.5, 0.6) is 0 Å². The smallest absolute Gasteiger partial charge is 0.0726 e. The lowest BCUT2D eigenvalue weighted by atomic mass is 9.66. The Bertz CT molecular complexity index is 880. The van der Waals surface area contributed by atoms with Gasteiger partial charge in [0.25, 0.3) is 0 Å². The molecule has 142 valence electrons. The average molecular weight is 362 g/mol. The number of rotatable bonds is 0. The summed E-state index contributed by atoms with van der Waals surface area (Å²) in [4.78, 5) is 2.66. The summed E-state index contributed by atoms with van der Waals surface area (Å²) in [6.07, 6.45) is 4.13. The fraction of sp³-hybridized carbons (Fsp3) is 0.520. The molecule has 1 fully saturated rings. The summed E-state index contributed by atoms with van der Waals surface area (Å²) in [5.41, 5.74) is 6.72. The first kappa shape index (κ1) is 17.5. The van der Waals surface area contributed by atoms with E-state index in [0.29, 0.717) is 12.0 Å². The monoisotopic (exact) mass is 361 g/mol. The molecule has 3 aliphatic rings. The maximum absolute atomic E-state index is 11.5. The molecule has 2 aromatic rings. The lowest BCUT2D eigenvalue weighted by Gasteiger charge is -2.53.